The van der Waals surface area contributed by atoms with E-state index in [1.54, 1.807) is 25.1 Å². The van der Waals surface area contributed by atoms with Crippen LogP contribution >= 0.6 is 0 Å². The lowest BCUT2D eigenvalue weighted by Gasteiger charge is -2.36. The van der Waals surface area contributed by atoms with Crippen LogP contribution in [0.15, 0.2) is 42.5 Å². The first-order chi connectivity index (χ1) is 15.4. The van der Waals surface area contributed by atoms with Crippen LogP contribution in [-0.2, 0) is 19.7 Å². The van der Waals surface area contributed by atoms with Crippen molar-refractivity contribution in [2.45, 2.75) is 58.5 Å². The number of esters is 1. The van der Waals surface area contributed by atoms with Crippen molar-refractivity contribution in [3.63, 3.8) is 0 Å². The van der Waals surface area contributed by atoms with Crippen molar-refractivity contribution in [1.29, 1.82) is 0 Å². The van der Waals surface area contributed by atoms with Crippen LogP contribution in [0.3, 0.4) is 0 Å². The molecule has 1 amide bonds. The van der Waals surface area contributed by atoms with Gasteiger partial charge in [-0.05, 0) is 63.8 Å². The first-order valence-corrected chi connectivity index (χ1v) is 11.3. The highest BCUT2D eigenvalue weighted by Crippen LogP contribution is 2.37. The number of benzene rings is 2. The third-order valence-electron chi connectivity index (χ3n) is 6.02. The van der Waals surface area contributed by atoms with E-state index in [0.29, 0.717) is 43.1 Å². The Morgan fingerprint density at radius 3 is 2.41 bits per heavy atom. The van der Waals surface area contributed by atoms with E-state index in [2.05, 4.69) is 5.32 Å². The minimum absolute atomic E-state index is 0.0457. The third kappa shape index (κ3) is 5.30. The molecule has 3 rings (SSSR count). The van der Waals surface area contributed by atoms with Gasteiger partial charge in [-0.3, -0.25) is 4.79 Å². The van der Waals surface area contributed by atoms with Crippen LogP contribution in [0.1, 0.15) is 61.5 Å². The van der Waals surface area contributed by atoms with Crippen molar-refractivity contribution in [2.24, 2.45) is 0 Å². The Bertz CT molecular complexity index is 932. The minimum atomic E-state index is -0.679. The van der Waals surface area contributed by atoms with Gasteiger partial charge in [-0.25, -0.2) is 4.79 Å². The zero-order valence-corrected chi connectivity index (χ0v) is 19.4. The van der Waals surface area contributed by atoms with E-state index in [4.69, 9.17) is 14.2 Å². The Labute approximate surface area is 190 Å². The highest BCUT2D eigenvalue weighted by Gasteiger charge is 2.41. The Morgan fingerprint density at radius 2 is 1.78 bits per heavy atom. The zero-order valence-electron chi connectivity index (χ0n) is 19.4. The van der Waals surface area contributed by atoms with Gasteiger partial charge >= 0.3 is 5.97 Å². The molecule has 1 saturated heterocycles. The van der Waals surface area contributed by atoms with Gasteiger partial charge in [0.2, 0.25) is 5.91 Å². The summed E-state index contributed by atoms with van der Waals surface area (Å²) in [6, 6.07) is 13.2. The van der Waals surface area contributed by atoms with Crippen molar-refractivity contribution in [3.05, 3.63) is 59.2 Å². The molecule has 2 aromatic rings. The first-order valence-electron chi connectivity index (χ1n) is 11.3. The Balaban J connectivity index is 1.91. The molecule has 1 N–H and O–H groups in total. The molecule has 1 atom stereocenters. The molecule has 6 nitrogen and oxygen atoms in total. The minimum Gasteiger partial charge on any atom is -0.490 e. The highest BCUT2D eigenvalue weighted by molar-refractivity contribution is 6.01. The second kappa shape index (κ2) is 10.6. The van der Waals surface area contributed by atoms with E-state index in [1.165, 1.54) is 0 Å². The number of nitrogens with one attached hydrogen (secondary N) is 1. The van der Waals surface area contributed by atoms with Crippen molar-refractivity contribution in [2.75, 3.05) is 25.1 Å². The monoisotopic (exact) mass is 439 g/mol. The predicted molar refractivity (Wildman–Crippen MR) is 124 cm³/mol. The number of rotatable bonds is 8. The maximum Gasteiger partial charge on any atom is 0.341 e. The van der Waals surface area contributed by atoms with E-state index in [-0.39, 0.29) is 18.6 Å². The summed E-state index contributed by atoms with van der Waals surface area (Å²) in [4.78, 5) is 26.1. The van der Waals surface area contributed by atoms with E-state index in [9.17, 15) is 9.59 Å². The van der Waals surface area contributed by atoms with Crippen molar-refractivity contribution >= 4 is 17.6 Å². The van der Waals surface area contributed by atoms with Crippen LogP contribution in [-0.4, -0.2) is 37.8 Å². The predicted octanol–water partition coefficient (Wildman–Crippen LogP) is 5.04. The number of hydrogen-bond acceptors (Lipinski definition) is 5. The lowest BCUT2D eigenvalue weighted by molar-refractivity contribution is -0.125. The molecule has 0 bridgehead atoms. The van der Waals surface area contributed by atoms with Gasteiger partial charge in [0, 0.05) is 18.9 Å². The molecule has 1 heterocycles. The topological polar surface area (TPSA) is 73.9 Å². The summed E-state index contributed by atoms with van der Waals surface area (Å²) in [5.74, 6) is -0.119. The molecule has 172 valence electrons. The summed E-state index contributed by atoms with van der Waals surface area (Å²) in [6.07, 6.45) is 1.96. The number of hydrogen-bond donors (Lipinski definition) is 1. The second-order valence-electron chi connectivity index (χ2n) is 8.28. The molecule has 1 fully saturated rings. The molecule has 32 heavy (non-hydrogen) atoms. The summed E-state index contributed by atoms with van der Waals surface area (Å²) in [5.41, 5.74) is 2.29. The third-order valence-corrected chi connectivity index (χ3v) is 6.02. The Hall–Kier alpha value is -2.86. The van der Waals surface area contributed by atoms with Crippen LogP contribution in [0, 0.1) is 6.92 Å². The average molecular weight is 440 g/mol. The van der Waals surface area contributed by atoms with Crippen LogP contribution in [0.25, 0.3) is 0 Å². The lowest BCUT2D eigenvalue weighted by atomic mass is 9.73. The maximum absolute atomic E-state index is 13.6. The molecular formula is C26H33NO5. The van der Waals surface area contributed by atoms with Gasteiger partial charge in [-0.1, -0.05) is 36.8 Å². The number of aryl methyl sites for hydroxylation is 1. The van der Waals surface area contributed by atoms with Crippen LogP contribution in [0.5, 0.6) is 5.75 Å². The molecule has 0 unspecified atom stereocenters. The fourth-order valence-corrected chi connectivity index (χ4v) is 3.87. The van der Waals surface area contributed by atoms with Gasteiger partial charge in [-0.15, -0.1) is 0 Å². The van der Waals surface area contributed by atoms with Crippen LogP contribution in [0.4, 0.5) is 5.69 Å². The van der Waals surface area contributed by atoms with Gasteiger partial charge in [0.05, 0.1) is 18.1 Å². The van der Waals surface area contributed by atoms with Gasteiger partial charge in [0.15, 0.2) is 0 Å². The van der Waals surface area contributed by atoms with Gasteiger partial charge in [-0.2, -0.15) is 0 Å². The van der Waals surface area contributed by atoms with E-state index in [1.807, 2.05) is 45.0 Å². The summed E-state index contributed by atoms with van der Waals surface area (Å²) < 4.78 is 16.7. The maximum atomic E-state index is 13.6. The normalized spacial score (nSPS) is 16.1. The summed E-state index contributed by atoms with van der Waals surface area (Å²) >= 11 is 0. The average Bonchev–Trinajstić information content (AvgIpc) is 2.80. The van der Waals surface area contributed by atoms with E-state index in [0.717, 1.165) is 17.5 Å². The smallest absolute Gasteiger partial charge is 0.341 e. The van der Waals surface area contributed by atoms with Gasteiger partial charge in [0.1, 0.15) is 11.3 Å². The molecular weight excluding hydrogens is 406 g/mol. The SMILES string of the molecule is CCOC(=O)c1cc(NC(=O)C2(c3ccc(C)cc3)CCOCC2)ccc1O[C@H](C)CC. The molecule has 0 spiro atoms. The fourth-order valence-electron chi connectivity index (χ4n) is 3.87. The van der Waals surface area contributed by atoms with Gasteiger partial charge in [0.25, 0.3) is 0 Å². The second-order valence-corrected chi connectivity index (χ2v) is 8.28. The molecule has 1 aliphatic rings. The highest BCUT2D eigenvalue weighted by atomic mass is 16.5. The Kier molecular flexibility index (Phi) is 7.91. The summed E-state index contributed by atoms with van der Waals surface area (Å²) in [5, 5.41) is 3.04. The number of carbonyl (C=O) groups excluding carboxylic acids is 2. The van der Waals surface area contributed by atoms with Crippen molar-refractivity contribution in [3.8, 4) is 5.75 Å². The molecule has 2 aromatic carbocycles. The van der Waals surface area contributed by atoms with E-state index >= 15 is 0 Å². The summed E-state index contributed by atoms with van der Waals surface area (Å²) in [7, 11) is 0. The first kappa shape index (κ1) is 23.8. The molecule has 0 aliphatic carbocycles. The lowest BCUT2D eigenvalue weighted by Crippen LogP contribution is -2.44. The summed E-state index contributed by atoms with van der Waals surface area (Å²) in [6.45, 7) is 9.06. The van der Waals surface area contributed by atoms with Crippen molar-refractivity contribution < 1.29 is 23.8 Å². The van der Waals surface area contributed by atoms with Gasteiger partial charge < -0.3 is 19.5 Å². The molecule has 0 saturated carbocycles. The number of amides is 1. The van der Waals surface area contributed by atoms with E-state index < -0.39 is 11.4 Å². The molecule has 1 aliphatic heterocycles. The largest absolute Gasteiger partial charge is 0.490 e. The number of anilines is 1. The molecule has 0 radical (unpaired) electrons. The molecule has 0 aromatic heterocycles. The standard InChI is InChI=1S/C26H33NO5/c1-5-19(4)32-23-12-11-21(17-22(23)24(28)31-6-2)27-25(29)26(13-15-30-16-14-26)20-9-7-18(3)8-10-20/h7-12,17,19H,5-6,13-16H2,1-4H3,(H,27,29)/t19-/m1/s1. The Morgan fingerprint density at radius 1 is 1.09 bits per heavy atom. The quantitative estimate of drug-likeness (QED) is 0.584. The fraction of sp³-hybridized carbons (Fsp3) is 0.462. The number of carbonyl (C=O) groups is 2. The molecule has 6 heteroatoms. The van der Waals surface area contributed by atoms with Crippen LogP contribution < -0.4 is 10.1 Å². The van der Waals surface area contributed by atoms with Crippen LogP contribution in [0.2, 0.25) is 0 Å². The van der Waals surface area contributed by atoms with Crippen molar-refractivity contribution in [1.82, 2.24) is 0 Å². The number of ether oxygens (including phenoxy) is 3. The zero-order chi connectivity index (χ0) is 23.1.